The second-order valence-corrected chi connectivity index (χ2v) is 9.52. The first-order chi connectivity index (χ1) is 15.9. The molecule has 170 valence electrons. The molecule has 0 radical (unpaired) electrons. The monoisotopic (exact) mass is 459 g/mol. The number of rotatable bonds is 7. The van der Waals surface area contributed by atoms with E-state index in [0.29, 0.717) is 17.8 Å². The number of amides is 1. The van der Waals surface area contributed by atoms with Crippen LogP contribution in [0.1, 0.15) is 63.4 Å². The molecule has 4 rings (SSSR count). The number of nitrogens with one attached hydrogen (secondary N) is 1. The Bertz CT molecular complexity index is 1340. The van der Waals surface area contributed by atoms with Crippen LogP contribution in [-0.4, -0.2) is 15.5 Å². The Morgan fingerprint density at radius 1 is 1.09 bits per heavy atom. The maximum atomic E-state index is 12.9. The summed E-state index contributed by atoms with van der Waals surface area (Å²) < 4.78 is 1.77. The lowest BCUT2D eigenvalue weighted by Crippen LogP contribution is -2.28. The average molecular weight is 460 g/mol. The van der Waals surface area contributed by atoms with Gasteiger partial charge in [0.1, 0.15) is 5.69 Å². The molecular formula is C27H29N3O2S. The van der Waals surface area contributed by atoms with Gasteiger partial charge in [-0.25, -0.2) is 4.98 Å². The Labute approximate surface area is 198 Å². The SMILES string of the molecule is CCCC(NC(=O)c1ccc(Cn2c(=O)c(C)nc3cc(C)c(C)cc32)cc1)c1cccs1. The van der Waals surface area contributed by atoms with E-state index in [-0.39, 0.29) is 17.5 Å². The fourth-order valence-corrected chi connectivity index (χ4v) is 4.84. The second kappa shape index (κ2) is 9.71. The van der Waals surface area contributed by atoms with Gasteiger partial charge in [-0.3, -0.25) is 9.59 Å². The molecule has 2 aromatic heterocycles. The zero-order valence-corrected chi connectivity index (χ0v) is 20.3. The number of nitrogens with zero attached hydrogens (tertiary/aromatic N) is 2. The average Bonchev–Trinajstić information content (AvgIpc) is 3.33. The second-order valence-electron chi connectivity index (χ2n) is 8.54. The number of fused-ring (bicyclic) bond motifs is 1. The van der Waals surface area contributed by atoms with E-state index in [2.05, 4.69) is 30.2 Å². The highest BCUT2D eigenvalue weighted by atomic mass is 32.1. The topological polar surface area (TPSA) is 64.0 Å². The van der Waals surface area contributed by atoms with Gasteiger partial charge in [0.05, 0.1) is 23.6 Å². The normalized spacial score (nSPS) is 12.1. The van der Waals surface area contributed by atoms with Crippen molar-refractivity contribution in [3.63, 3.8) is 0 Å². The minimum atomic E-state index is -0.0917. The molecule has 4 aromatic rings. The Morgan fingerprint density at radius 2 is 1.82 bits per heavy atom. The van der Waals surface area contributed by atoms with Gasteiger partial charge in [0.25, 0.3) is 11.5 Å². The van der Waals surface area contributed by atoms with Crippen LogP contribution in [0.25, 0.3) is 11.0 Å². The lowest BCUT2D eigenvalue weighted by molar-refractivity contribution is 0.0935. The van der Waals surface area contributed by atoms with Crippen LogP contribution >= 0.6 is 11.3 Å². The number of hydrogen-bond acceptors (Lipinski definition) is 4. The molecule has 0 bridgehead atoms. The fourth-order valence-electron chi connectivity index (χ4n) is 4.03. The van der Waals surface area contributed by atoms with Crippen molar-refractivity contribution in [3.05, 3.63) is 97.1 Å². The van der Waals surface area contributed by atoms with Gasteiger partial charge in [0, 0.05) is 10.4 Å². The zero-order valence-electron chi connectivity index (χ0n) is 19.5. The van der Waals surface area contributed by atoms with Gasteiger partial charge in [-0.05, 0) is 79.6 Å². The number of hydrogen-bond donors (Lipinski definition) is 1. The summed E-state index contributed by atoms with van der Waals surface area (Å²) in [6, 6.07) is 15.7. The molecule has 0 fully saturated rings. The number of carbonyl (C=O) groups is 1. The molecule has 0 aliphatic rings. The van der Waals surface area contributed by atoms with Crippen molar-refractivity contribution in [1.82, 2.24) is 14.9 Å². The molecule has 1 N–H and O–H groups in total. The highest BCUT2D eigenvalue weighted by Crippen LogP contribution is 2.24. The number of aryl methyl sites for hydroxylation is 3. The predicted octanol–water partition coefficient (Wildman–Crippen LogP) is 5.70. The van der Waals surface area contributed by atoms with Crippen molar-refractivity contribution in [2.45, 2.75) is 53.1 Å². The summed E-state index contributed by atoms with van der Waals surface area (Å²) in [5.74, 6) is -0.0816. The molecule has 0 spiro atoms. The molecule has 0 saturated heterocycles. The lowest BCUT2D eigenvalue weighted by atomic mass is 10.1. The summed E-state index contributed by atoms with van der Waals surface area (Å²) in [5.41, 5.74) is 5.89. The lowest BCUT2D eigenvalue weighted by Gasteiger charge is -2.17. The maximum Gasteiger partial charge on any atom is 0.272 e. The molecule has 5 nitrogen and oxygen atoms in total. The Hall–Kier alpha value is -3.25. The minimum absolute atomic E-state index is 0.0265. The van der Waals surface area contributed by atoms with Crippen LogP contribution in [0, 0.1) is 20.8 Å². The summed E-state index contributed by atoms with van der Waals surface area (Å²) in [6.45, 7) is 8.39. The van der Waals surface area contributed by atoms with Crippen molar-refractivity contribution in [2.24, 2.45) is 0 Å². The van der Waals surface area contributed by atoms with Gasteiger partial charge in [-0.1, -0.05) is 31.5 Å². The summed E-state index contributed by atoms with van der Waals surface area (Å²) in [7, 11) is 0. The first kappa shape index (κ1) is 22.9. The Balaban J connectivity index is 1.57. The number of thiophene rings is 1. The minimum Gasteiger partial charge on any atom is -0.344 e. The number of carbonyl (C=O) groups excluding carboxylic acids is 1. The van der Waals surface area contributed by atoms with Gasteiger partial charge >= 0.3 is 0 Å². The van der Waals surface area contributed by atoms with Gasteiger partial charge in [-0.2, -0.15) is 0 Å². The molecular weight excluding hydrogens is 430 g/mol. The van der Waals surface area contributed by atoms with Crippen molar-refractivity contribution in [3.8, 4) is 0 Å². The standard InChI is InChI=1S/C27H29N3O2S/c1-5-7-22(25-8-6-13-33-25)29-26(31)21-11-9-20(10-12-21)16-30-24-15-18(3)17(2)14-23(24)28-19(4)27(30)32/h6,8-15,22H,5,7,16H2,1-4H3,(H,29,31). The molecule has 0 saturated carbocycles. The highest BCUT2D eigenvalue weighted by Gasteiger charge is 2.16. The highest BCUT2D eigenvalue weighted by molar-refractivity contribution is 7.10. The third-order valence-electron chi connectivity index (χ3n) is 6.05. The Kier molecular flexibility index (Phi) is 6.75. The van der Waals surface area contributed by atoms with Crippen LogP contribution < -0.4 is 10.9 Å². The van der Waals surface area contributed by atoms with E-state index in [1.807, 2.05) is 54.8 Å². The first-order valence-electron chi connectivity index (χ1n) is 11.3. The van der Waals surface area contributed by atoms with Crippen LogP contribution in [0.15, 0.2) is 58.7 Å². The zero-order chi connectivity index (χ0) is 23.5. The summed E-state index contributed by atoms with van der Waals surface area (Å²) in [5, 5.41) is 5.20. The van der Waals surface area contributed by atoms with Gasteiger partial charge in [-0.15, -0.1) is 11.3 Å². The molecule has 1 atom stereocenters. The van der Waals surface area contributed by atoms with Gasteiger partial charge in [0.2, 0.25) is 0 Å². The van der Waals surface area contributed by atoms with Crippen LogP contribution in [0.5, 0.6) is 0 Å². The van der Waals surface area contributed by atoms with E-state index < -0.39 is 0 Å². The number of benzene rings is 2. The molecule has 0 aliphatic carbocycles. The smallest absolute Gasteiger partial charge is 0.272 e. The third-order valence-corrected chi connectivity index (χ3v) is 7.04. The quantitative estimate of drug-likeness (QED) is 0.385. The summed E-state index contributed by atoms with van der Waals surface area (Å²) >= 11 is 1.66. The first-order valence-corrected chi connectivity index (χ1v) is 12.2. The van der Waals surface area contributed by atoms with Gasteiger partial charge < -0.3 is 9.88 Å². The molecule has 0 aliphatic heterocycles. The molecule has 1 unspecified atom stereocenters. The molecule has 2 heterocycles. The van der Waals surface area contributed by atoms with Crippen LogP contribution in [-0.2, 0) is 6.54 Å². The van der Waals surface area contributed by atoms with E-state index in [4.69, 9.17) is 0 Å². The van der Waals surface area contributed by atoms with E-state index in [0.717, 1.165) is 40.6 Å². The van der Waals surface area contributed by atoms with Crippen molar-refractivity contribution >= 4 is 28.3 Å². The summed E-state index contributed by atoms with van der Waals surface area (Å²) in [6.07, 6.45) is 1.90. The fraction of sp³-hybridized carbons (Fsp3) is 0.296. The molecule has 2 aromatic carbocycles. The van der Waals surface area contributed by atoms with E-state index in [1.165, 1.54) is 4.88 Å². The van der Waals surface area contributed by atoms with E-state index in [9.17, 15) is 9.59 Å². The van der Waals surface area contributed by atoms with Crippen LogP contribution in [0.2, 0.25) is 0 Å². The van der Waals surface area contributed by atoms with Crippen LogP contribution in [0.4, 0.5) is 0 Å². The molecule has 1 amide bonds. The molecule has 6 heteroatoms. The number of aromatic nitrogens is 2. The maximum absolute atomic E-state index is 12.9. The van der Waals surface area contributed by atoms with Crippen molar-refractivity contribution < 1.29 is 4.79 Å². The summed E-state index contributed by atoms with van der Waals surface area (Å²) in [4.78, 5) is 31.4. The Morgan fingerprint density at radius 3 is 2.48 bits per heavy atom. The van der Waals surface area contributed by atoms with Crippen molar-refractivity contribution in [2.75, 3.05) is 0 Å². The van der Waals surface area contributed by atoms with Gasteiger partial charge in [0.15, 0.2) is 0 Å². The van der Waals surface area contributed by atoms with Crippen molar-refractivity contribution in [1.29, 1.82) is 0 Å². The molecule has 33 heavy (non-hydrogen) atoms. The largest absolute Gasteiger partial charge is 0.344 e. The third kappa shape index (κ3) is 4.91. The van der Waals surface area contributed by atoms with Crippen LogP contribution in [0.3, 0.4) is 0 Å². The van der Waals surface area contributed by atoms with E-state index in [1.54, 1.807) is 22.8 Å². The van der Waals surface area contributed by atoms with E-state index >= 15 is 0 Å². The predicted molar refractivity (Wildman–Crippen MR) is 135 cm³/mol.